The Morgan fingerprint density at radius 3 is 2.42 bits per heavy atom. The molecule has 4 unspecified atom stereocenters. The molecule has 0 aromatic heterocycles. The number of aliphatic hydroxyl groups excluding tert-OH is 3. The summed E-state index contributed by atoms with van der Waals surface area (Å²) < 4.78 is 4.65. The first kappa shape index (κ1) is 9.40. The Hall–Kier alpha value is -0.690. The van der Waals surface area contributed by atoms with Crippen molar-refractivity contribution < 1.29 is 30.0 Å². The summed E-state index contributed by atoms with van der Waals surface area (Å²) in [6.07, 6.45) is -4.41. The van der Waals surface area contributed by atoms with Gasteiger partial charge in [-0.25, -0.2) is 4.79 Å². The Kier molecular flexibility index (Phi) is 2.63. The van der Waals surface area contributed by atoms with Crippen molar-refractivity contribution in [1.29, 1.82) is 0 Å². The van der Waals surface area contributed by atoms with Gasteiger partial charge in [-0.15, -0.1) is 0 Å². The predicted octanol–water partition coefficient (Wildman–Crippen LogP) is -2.45. The fourth-order valence-corrected chi connectivity index (χ4v) is 0.944. The zero-order valence-electron chi connectivity index (χ0n) is 6.12. The average molecular weight is 178 g/mol. The Balaban J connectivity index is 2.37. The first-order chi connectivity index (χ1) is 5.57. The lowest BCUT2D eigenvalue weighted by atomic mass is 10.1. The van der Waals surface area contributed by atoms with E-state index >= 15 is 0 Å². The van der Waals surface area contributed by atoms with Gasteiger partial charge in [-0.3, -0.25) is 0 Å². The molecule has 12 heavy (non-hydrogen) atoms. The first-order valence-corrected chi connectivity index (χ1v) is 3.43. The zero-order valence-corrected chi connectivity index (χ0v) is 6.12. The standard InChI is InChI=1S/C6H10O6/c7-1-2(8)4-5(12-4)3(9)6(10)11/h2-5,7-9H,1H2,(H,10,11). The van der Waals surface area contributed by atoms with Crippen molar-refractivity contribution in [3.63, 3.8) is 0 Å². The maximum absolute atomic E-state index is 10.2. The molecule has 0 saturated carbocycles. The Bertz CT molecular complexity index is 181. The van der Waals surface area contributed by atoms with E-state index in [9.17, 15) is 4.79 Å². The van der Waals surface area contributed by atoms with Crippen LogP contribution in [0.3, 0.4) is 0 Å². The molecule has 0 amide bonds. The number of aliphatic hydroxyl groups is 3. The van der Waals surface area contributed by atoms with Crippen molar-refractivity contribution >= 4 is 5.97 Å². The Morgan fingerprint density at radius 1 is 1.42 bits per heavy atom. The monoisotopic (exact) mass is 178 g/mol. The third kappa shape index (κ3) is 1.72. The summed E-state index contributed by atoms with van der Waals surface area (Å²) in [5.74, 6) is -1.40. The van der Waals surface area contributed by atoms with Crippen LogP contribution < -0.4 is 0 Å². The second kappa shape index (κ2) is 3.36. The predicted molar refractivity (Wildman–Crippen MR) is 35.4 cm³/mol. The van der Waals surface area contributed by atoms with Gasteiger partial charge >= 0.3 is 5.97 Å². The van der Waals surface area contributed by atoms with E-state index in [4.69, 9.17) is 20.4 Å². The summed E-state index contributed by atoms with van der Waals surface area (Å²) >= 11 is 0. The fourth-order valence-electron chi connectivity index (χ4n) is 0.944. The van der Waals surface area contributed by atoms with Gasteiger partial charge in [-0.05, 0) is 0 Å². The number of rotatable bonds is 4. The SMILES string of the molecule is O=C(O)C(O)C1OC1C(O)CO. The van der Waals surface area contributed by atoms with E-state index in [1.54, 1.807) is 0 Å². The lowest BCUT2D eigenvalue weighted by molar-refractivity contribution is -0.147. The number of hydrogen-bond acceptors (Lipinski definition) is 5. The molecule has 0 radical (unpaired) electrons. The number of ether oxygens (including phenoxy) is 1. The van der Waals surface area contributed by atoms with Gasteiger partial charge in [0.25, 0.3) is 0 Å². The summed E-state index contributed by atoms with van der Waals surface area (Å²) in [4.78, 5) is 10.2. The van der Waals surface area contributed by atoms with Gasteiger partial charge in [0, 0.05) is 0 Å². The van der Waals surface area contributed by atoms with Crippen molar-refractivity contribution in [3.05, 3.63) is 0 Å². The third-order valence-electron chi connectivity index (χ3n) is 1.69. The van der Waals surface area contributed by atoms with E-state index in [-0.39, 0.29) is 0 Å². The molecule has 0 aromatic carbocycles. The molecule has 70 valence electrons. The molecular formula is C6H10O6. The van der Waals surface area contributed by atoms with Crippen LogP contribution in [0.2, 0.25) is 0 Å². The molecule has 1 fully saturated rings. The van der Waals surface area contributed by atoms with Crippen molar-refractivity contribution in [1.82, 2.24) is 0 Å². The summed E-state index contributed by atoms with van der Waals surface area (Å²) in [7, 11) is 0. The molecule has 0 bridgehead atoms. The summed E-state index contributed by atoms with van der Waals surface area (Å²) in [6, 6.07) is 0. The highest BCUT2D eigenvalue weighted by molar-refractivity contribution is 5.73. The third-order valence-corrected chi connectivity index (χ3v) is 1.69. The highest BCUT2D eigenvalue weighted by Crippen LogP contribution is 2.28. The number of epoxide rings is 1. The van der Waals surface area contributed by atoms with Crippen LogP contribution in [-0.2, 0) is 9.53 Å². The minimum absolute atomic E-state index is 0.506. The van der Waals surface area contributed by atoms with E-state index in [2.05, 4.69) is 4.74 Å². The number of carboxylic acids is 1. The van der Waals surface area contributed by atoms with Crippen molar-refractivity contribution in [2.45, 2.75) is 24.4 Å². The molecule has 0 aromatic rings. The molecule has 1 aliphatic heterocycles. The van der Waals surface area contributed by atoms with Crippen LogP contribution in [0.15, 0.2) is 0 Å². The van der Waals surface area contributed by atoms with Gasteiger partial charge in [0.2, 0.25) is 0 Å². The summed E-state index contributed by atoms with van der Waals surface area (Å²) in [5, 5.41) is 34.5. The average Bonchev–Trinajstić information content (AvgIpc) is 2.80. The maximum atomic E-state index is 10.2. The van der Waals surface area contributed by atoms with Crippen LogP contribution in [0.4, 0.5) is 0 Å². The van der Waals surface area contributed by atoms with E-state index < -0.39 is 37.0 Å². The lowest BCUT2D eigenvalue weighted by Gasteiger charge is -2.03. The Morgan fingerprint density at radius 2 is 2.00 bits per heavy atom. The van der Waals surface area contributed by atoms with E-state index in [1.165, 1.54) is 0 Å². The second-order valence-electron chi connectivity index (χ2n) is 2.60. The van der Waals surface area contributed by atoms with E-state index in [0.29, 0.717) is 0 Å². The molecule has 1 heterocycles. The van der Waals surface area contributed by atoms with Crippen LogP contribution in [-0.4, -0.2) is 57.4 Å². The largest absolute Gasteiger partial charge is 0.479 e. The molecule has 6 nitrogen and oxygen atoms in total. The highest BCUT2D eigenvalue weighted by Gasteiger charge is 2.51. The van der Waals surface area contributed by atoms with Crippen molar-refractivity contribution in [2.75, 3.05) is 6.61 Å². The smallest absolute Gasteiger partial charge is 0.335 e. The number of hydrogen-bond donors (Lipinski definition) is 4. The molecule has 6 heteroatoms. The van der Waals surface area contributed by atoms with Crippen molar-refractivity contribution in [2.24, 2.45) is 0 Å². The molecule has 1 aliphatic rings. The Labute approximate surface area is 68.0 Å². The molecule has 1 rings (SSSR count). The summed E-state index contributed by atoms with van der Waals surface area (Å²) in [5.41, 5.74) is 0. The van der Waals surface area contributed by atoms with Gasteiger partial charge in [0.15, 0.2) is 6.10 Å². The first-order valence-electron chi connectivity index (χ1n) is 3.43. The topological polar surface area (TPSA) is 111 Å². The number of aliphatic carboxylic acids is 1. The summed E-state index contributed by atoms with van der Waals surface area (Å²) in [6.45, 7) is -0.506. The van der Waals surface area contributed by atoms with Gasteiger partial charge in [-0.2, -0.15) is 0 Å². The number of carbonyl (C=O) groups is 1. The highest BCUT2D eigenvalue weighted by atomic mass is 16.6. The lowest BCUT2D eigenvalue weighted by Crippen LogP contribution is -2.31. The quantitative estimate of drug-likeness (QED) is 0.356. The molecular weight excluding hydrogens is 168 g/mol. The molecule has 0 spiro atoms. The minimum atomic E-state index is -1.63. The van der Waals surface area contributed by atoms with Crippen LogP contribution in [0.5, 0.6) is 0 Å². The molecule has 1 saturated heterocycles. The normalized spacial score (nSPS) is 32.6. The van der Waals surface area contributed by atoms with Crippen LogP contribution >= 0.6 is 0 Å². The van der Waals surface area contributed by atoms with Crippen LogP contribution in [0.25, 0.3) is 0 Å². The van der Waals surface area contributed by atoms with Gasteiger partial charge in [-0.1, -0.05) is 0 Å². The maximum Gasteiger partial charge on any atom is 0.335 e. The molecule has 0 aliphatic carbocycles. The second-order valence-corrected chi connectivity index (χ2v) is 2.60. The minimum Gasteiger partial charge on any atom is -0.479 e. The zero-order chi connectivity index (χ0) is 9.30. The van der Waals surface area contributed by atoms with Gasteiger partial charge in [0.05, 0.1) is 6.61 Å². The molecule has 4 atom stereocenters. The fraction of sp³-hybridized carbons (Fsp3) is 0.833. The van der Waals surface area contributed by atoms with E-state index in [1.807, 2.05) is 0 Å². The van der Waals surface area contributed by atoms with Gasteiger partial charge < -0.3 is 25.2 Å². The van der Waals surface area contributed by atoms with E-state index in [0.717, 1.165) is 0 Å². The van der Waals surface area contributed by atoms with Crippen LogP contribution in [0.1, 0.15) is 0 Å². The van der Waals surface area contributed by atoms with Crippen LogP contribution in [0, 0.1) is 0 Å². The van der Waals surface area contributed by atoms with Gasteiger partial charge in [0.1, 0.15) is 18.3 Å². The molecule has 4 N–H and O–H groups in total. The van der Waals surface area contributed by atoms with Crippen molar-refractivity contribution in [3.8, 4) is 0 Å². The number of carboxylic acid groups (broad SMARTS) is 1.